The molecule has 0 N–H and O–H groups in total. The maximum Gasteiger partial charge on any atom is 0.257 e. The summed E-state index contributed by atoms with van der Waals surface area (Å²) in [6, 6.07) is 8.18. The summed E-state index contributed by atoms with van der Waals surface area (Å²) >= 11 is 0. The number of carbonyl (C=O) groups is 1. The normalized spacial score (nSPS) is 15.1. The Hall–Kier alpha value is -2.14. The molecule has 22 heavy (non-hydrogen) atoms. The van der Waals surface area contributed by atoms with Gasteiger partial charge in [0.2, 0.25) is 0 Å². The Bertz CT molecular complexity index is 655. The molecule has 0 unspecified atom stereocenters. The summed E-state index contributed by atoms with van der Waals surface area (Å²) < 4.78 is 7.18. The highest BCUT2D eigenvalue weighted by Crippen LogP contribution is 2.18. The van der Waals surface area contributed by atoms with E-state index in [4.69, 9.17) is 4.74 Å². The van der Waals surface area contributed by atoms with E-state index >= 15 is 0 Å². The minimum Gasteiger partial charge on any atom is -0.378 e. The van der Waals surface area contributed by atoms with E-state index in [9.17, 15) is 4.79 Å². The van der Waals surface area contributed by atoms with Crippen LogP contribution in [0.3, 0.4) is 0 Å². The van der Waals surface area contributed by atoms with Gasteiger partial charge in [-0.25, -0.2) is 4.68 Å². The molecule has 1 amide bonds. The Morgan fingerprint density at radius 2 is 1.91 bits per heavy atom. The first kappa shape index (κ1) is 14.8. The van der Waals surface area contributed by atoms with Crippen molar-refractivity contribution in [3.63, 3.8) is 0 Å². The Morgan fingerprint density at radius 1 is 1.23 bits per heavy atom. The van der Waals surface area contributed by atoms with E-state index < -0.39 is 0 Å². The third-order valence-electron chi connectivity index (χ3n) is 4.01. The third kappa shape index (κ3) is 2.76. The van der Waals surface area contributed by atoms with E-state index in [0.29, 0.717) is 31.9 Å². The highest BCUT2D eigenvalue weighted by molar-refractivity contribution is 5.95. The van der Waals surface area contributed by atoms with Crippen molar-refractivity contribution in [2.24, 2.45) is 0 Å². The van der Waals surface area contributed by atoms with Gasteiger partial charge in [-0.3, -0.25) is 4.79 Å². The van der Waals surface area contributed by atoms with E-state index in [1.807, 2.05) is 21.7 Å². The summed E-state index contributed by atoms with van der Waals surface area (Å²) in [7, 11) is 0. The van der Waals surface area contributed by atoms with Crippen molar-refractivity contribution in [1.82, 2.24) is 14.7 Å². The third-order valence-corrected chi connectivity index (χ3v) is 4.01. The molecule has 0 aliphatic carbocycles. The first-order valence-electron chi connectivity index (χ1n) is 7.71. The molecule has 2 heterocycles. The van der Waals surface area contributed by atoms with Gasteiger partial charge in [-0.1, -0.05) is 24.6 Å². The highest BCUT2D eigenvalue weighted by Gasteiger charge is 2.23. The van der Waals surface area contributed by atoms with Crippen LogP contribution in [0, 0.1) is 6.92 Å². The van der Waals surface area contributed by atoms with Crippen LogP contribution < -0.4 is 0 Å². The maximum atomic E-state index is 12.7. The van der Waals surface area contributed by atoms with E-state index in [1.54, 1.807) is 6.20 Å². The molecule has 0 atom stereocenters. The maximum absolute atomic E-state index is 12.7. The lowest BCUT2D eigenvalue weighted by Crippen LogP contribution is -2.40. The largest absolute Gasteiger partial charge is 0.378 e. The van der Waals surface area contributed by atoms with E-state index in [1.165, 1.54) is 5.56 Å². The standard InChI is InChI=1S/C17H21N3O2/c1-3-16-15(17(21)19-8-10-22-11-9-19)12-18-20(16)14-6-4-13(2)5-7-14/h4-7,12H,3,8-11H2,1-2H3. The molecule has 1 aliphatic rings. The second-order valence-corrected chi connectivity index (χ2v) is 5.51. The SMILES string of the molecule is CCc1c(C(=O)N2CCOCC2)cnn1-c1ccc(C)cc1. The number of carbonyl (C=O) groups excluding carboxylic acids is 1. The lowest BCUT2D eigenvalue weighted by atomic mass is 10.1. The summed E-state index contributed by atoms with van der Waals surface area (Å²) in [4.78, 5) is 14.5. The number of benzene rings is 1. The number of nitrogens with zero attached hydrogens (tertiary/aromatic N) is 3. The van der Waals surface area contributed by atoms with Crippen molar-refractivity contribution < 1.29 is 9.53 Å². The fourth-order valence-corrected chi connectivity index (χ4v) is 2.74. The minimum absolute atomic E-state index is 0.0542. The first-order valence-corrected chi connectivity index (χ1v) is 7.71. The van der Waals surface area contributed by atoms with Gasteiger partial charge in [0, 0.05) is 13.1 Å². The van der Waals surface area contributed by atoms with Gasteiger partial charge >= 0.3 is 0 Å². The topological polar surface area (TPSA) is 47.4 Å². The van der Waals surface area contributed by atoms with Gasteiger partial charge in [-0.15, -0.1) is 0 Å². The Balaban J connectivity index is 1.93. The molecule has 1 saturated heterocycles. The molecular weight excluding hydrogens is 278 g/mol. The second kappa shape index (κ2) is 6.32. The van der Waals surface area contributed by atoms with Gasteiger partial charge in [-0.2, -0.15) is 5.10 Å². The fraction of sp³-hybridized carbons (Fsp3) is 0.412. The van der Waals surface area contributed by atoms with E-state index in [2.05, 4.69) is 31.1 Å². The number of hydrogen-bond acceptors (Lipinski definition) is 3. The number of ether oxygens (including phenoxy) is 1. The van der Waals surface area contributed by atoms with Crippen LogP contribution in [0.5, 0.6) is 0 Å². The molecule has 1 fully saturated rings. The molecule has 0 saturated carbocycles. The summed E-state index contributed by atoms with van der Waals surface area (Å²) in [6.07, 6.45) is 2.45. The lowest BCUT2D eigenvalue weighted by Gasteiger charge is -2.26. The zero-order valence-corrected chi connectivity index (χ0v) is 13.1. The van der Waals surface area contributed by atoms with Crippen molar-refractivity contribution in [2.75, 3.05) is 26.3 Å². The highest BCUT2D eigenvalue weighted by atomic mass is 16.5. The summed E-state index contributed by atoms with van der Waals surface area (Å²) in [5.74, 6) is 0.0542. The zero-order valence-electron chi connectivity index (χ0n) is 13.1. The molecule has 5 heteroatoms. The average molecular weight is 299 g/mol. The molecule has 1 aromatic heterocycles. The van der Waals surface area contributed by atoms with E-state index in [0.717, 1.165) is 17.8 Å². The van der Waals surface area contributed by atoms with Gasteiger partial charge < -0.3 is 9.64 Å². The molecule has 0 spiro atoms. The fourth-order valence-electron chi connectivity index (χ4n) is 2.74. The quantitative estimate of drug-likeness (QED) is 0.873. The lowest BCUT2D eigenvalue weighted by molar-refractivity contribution is 0.0302. The summed E-state index contributed by atoms with van der Waals surface area (Å²) in [6.45, 7) is 6.63. The molecule has 0 bridgehead atoms. The molecule has 1 aromatic carbocycles. The van der Waals surface area contributed by atoms with Crippen LogP contribution in [0.4, 0.5) is 0 Å². The number of hydrogen-bond donors (Lipinski definition) is 0. The Morgan fingerprint density at radius 3 is 2.55 bits per heavy atom. The van der Waals surface area contributed by atoms with Crippen LogP contribution in [0.1, 0.15) is 28.5 Å². The summed E-state index contributed by atoms with van der Waals surface area (Å²) in [5, 5.41) is 4.44. The monoisotopic (exact) mass is 299 g/mol. The second-order valence-electron chi connectivity index (χ2n) is 5.51. The molecule has 2 aromatic rings. The van der Waals surface area contributed by atoms with Crippen LogP contribution in [-0.2, 0) is 11.2 Å². The van der Waals surface area contributed by atoms with Crippen LogP contribution >= 0.6 is 0 Å². The molecule has 5 nitrogen and oxygen atoms in total. The Kier molecular flexibility index (Phi) is 4.24. The van der Waals surface area contributed by atoms with Crippen LogP contribution in [0.2, 0.25) is 0 Å². The Labute approximate surface area is 130 Å². The van der Waals surface area contributed by atoms with Crippen LogP contribution in [0.15, 0.2) is 30.5 Å². The molecular formula is C17H21N3O2. The molecule has 116 valence electrons. The van der Waals surface area contributed by atoms with Gasteiger partial charge in [0.25, 0.3) is 5.91 Å². The number of morpholine rings is 1. The van der Waals surface area contributed by atoms with Gasteiger partial charge in [0.15, 0.2) is 0 Å². The number of aromatic nitrogens is 2. The molecule has 1 aliphatic heterocycles. The smallest absolute Gasteiger partial charge is 0.257 e. The van der Waals surface area contributed by atoms with Crippen molar-refractivity contribution in [2.45, 2.75) is 20.3 Å². The van der Waals surface area contributed by atoms with Crippen LogP contribution in [0.25, 0.3) is 5.69 Å². The zero-order chi connectivity index (χ0) is 15.5. The van der Waals surface area contributed by atoms with Crippen molar-refractivity contribution in [3.05, 3.63) is 47.3 Å². The van der Waals surface area contributed by atoms with E-state index in [-0.39, 0.29) is 5.91 Å². The van der Waals surface area contributed by atoms with Crippen LogP contribution in [-0.4, -0.2) is 46.9 Å². The predicted molar refractivity (Wildman–Crippen MR) is 84.4 cm³/mol. The summed E-state index contributed by atoms with van der Waals surface area (Å²) in [5.41, 5.74) is 3.85. The average Bonchev–Trinajstić information content (AvgIpc) is 2.99. The van der Waals surface area contributed by atoms with Gasteiger partial charge in [-0.05, 0) is 25.5 Å². The predicted octanol–water partition coefficient (Wildman–Crippen LogP) is 2.22. The first-order chi connectivity index (χ1) is 10.7. The van der Waals surface area contributed by atoms with Gasteiger partial charge in [0.05, 0.1) is 36.4 Å². The van der Waals surface area contributed by atoms with Crippen molar-refractivity contribution in [3.8, 4) is 5.69 Å². The number of aryl methyl sites for hydroxylation is 1. The molecule has 0 radical (unpaired) electrons. The minimum atomic E-state index is 0.0542. The molecule has 3 rings (SSSR count). The number of rotatable bonds is 3. The van der Waals surface area contributed by atoms with Crippen molar-refractivity contribution in [1.29, 1.82) is 0 Å². The number of amides is 1. The van der Waals surface area contributed by atoms with Crippen molar-refractivity contribution >= 4 is 5.91 Å². The van der Waals surface area contributed by atoms with Gasteiger partial charge in [0.1, 0.15) is 0 Å².